The number of benzene rings is 2. The molecular formula is C20H23NO5S. The zero-order valence-corrected chi connectivity index (χ0v) is 16.3. The van der Waals surface area contributed by atoms with E-state index in [1.54, 1.807) is 50.2 Å². The van der Waals surface area contributed by atoms with E-state index in [1.165, 1.54) is 12.1 Å². The van der Waals surface area contributed by atoms with Crippen LogP contribution >= 0.6 is 0 Å². The first kappa shape index (κ1) is 20.6. The number of carbonyl (C=O) groups excluding carboxylic acids is 1. The minimum atomic E-state index is -3.47. The molecule has 0 saturated carbocycles. The number of hydrogen-bond acceptors (Lipinski definition) is 4. The lowest BCUT2D eigenvalue weighted by Crippen LogP contribution is -2.46. The van der Waals surface area contributed by atoms with Gasteiger partial charge in [-0.2, -0.15) is 0 Å². The van der Waals surface area contributed by atoms with Gasteiger partial charge in [-0.15, -0.1) is 0 Å². The molecule has 27 heavy (non-hydrogen) atoms. The Morgan fingerprint density at radius 2 is 1.74 bits per heavy atom. The molecule has 0 saturated heterocycles. The van der Waals surface area contributed by atoms with Crippen molar-refractivity contribution >= 4 is 21.7 Å². The second kappa shape index (κ2) is 7.92. The van der Waals surface area contributed by atoms with E-state index >= 15 is 0 Å². The summed E-state index contributed by atoms with van der Waals surface area (Å²) in [5.74, 6) is -1.55. The first-order valence-corrected chi connectivity index (χ1v) is 10.4. The average Bonchev–Trinajstić information content (AvgIpc) is 2.62. The van der Waals surface area contributed by atoms with Crippen molar-refractivity contribution in [2.45, 2.75) is 30.6 Å². The number of hydrogen-bond donors (Lipinski definition) is 2. The number of aliphatic carboxylic acids is 1. The summed E-state index contributed by atoms with van der Waals surface area (Å²) in [5.41, 5.74) is 0.0543. The monoisotopic (exact) mass is 389 g/mol. The number of amides is 1. The minimum absolute atomic E-state index is 0.0817. The van der Waals surface area contributed by atoms with E-state index in [1.807, 2.05) is 0 Å². The third-order valence-corrected chi connectivity index (χ3v) is 5.98. The number of carboxylic acids is 1. The Balaban J connectivity index is 2.31. The van der Waals surface area contributed by atoms with Gasteiger partial charge in [-0.05, 0) is 36.6 Å². The van der Waals surface area contributed by atoms with Gasteiger partial charge in [0, 0.05) is 18.4 Å². The van der Waals surface area contributed by atoms with Gasteiger partial charge in [0.1, 0.15) is 5.41 Å². The Bertz CT molecular complexity index is 954. The molecular weight excluding hydrogens is 366 g/mol. The normalized spacial score (nSPS) is 13.6. The molecule has 1 amide bonds. The van der Waals surface area contributed by atoms with Crippen molar-refractivity contribution in [1.29, 1.82) is 0 Å². The van der Waals surface area contributed by atoms with Gasteiger partial charge in [-0.3, -0.25) is 9.59 Å². The molecule has 0 spiro atoms. The third-order valence-electron chi connectivity index (χ3n) is 4.74. The van der Waals surface area contributed by atoms with Crippen molar-refractivity contribution in [1.82, 2.24) is 5.32 Å². The molecule has 1 atom stereocenters. The highest BCUT2D eigenvalue weighted by Crippen LogP contribution is 2.28. The molecule has 0 aliphatic heterocycles. The first-order chi connectivity index (χ1) is 12.6. The van der Waals surface area contributed by atoms with Crippen molar-refractivity contribution in [3.8, 4) is 0 Å². The highest BCUT2D eigenvalue weighted by Gasteiger charge is 2.39. The molecule has 0 aliphatic carbocycles. The number of rotatable bonds is 7. The van der Waals surface area contributed by atoms with Crippen LogP contribution < -0.4 is 5.32 Å². The van der Waals surface area contributed by atoms with Crippen LogP contribution in [0.15, 0.2) is 53.4 Å². The van der Waals surface area contributed by atoms with Crippen LogP contribution in [0.4, 0.5) is 0 Å². The number of nitrogens with one attached hydrogen (secondary N) is 1. The summed E-state index contributed by atoms with van der Waals surface area (Å²) in [6.45, 7) is 3.30. The van der Waals surface area contributed by atoms with E-state index in [9.17, 15) is 23.1 Å². The van der Waals surface area contributed by atoms with Crippen LogP contribution in [0.1, 0.15) is 34.8 Å². The maximum atomic E-state index is 12.6. The topological polar surface area (TPSA) is 101 Å². The van der Waals surface area contributed by atoms with Crippen molar-refractivity contribution in [3.63, 3.8) is 0 Å². The van der Waals surface area contributed by atoms with Crippen molar-refractivity contribution in [2.75, 3.05) is 12.8 Å². The van der Waals surface area contributed by atoms with Gasteiger partial charge in [0.2, 0.25) is 0 Å². The molecule has 7 heteroatoms. The Kier molecular flexibility index (Phi) is 6.05. The standard InChI is InChI=1S/C20H23NO5S/c1-4-20(19(23)24,16-8-6-5-7-9-16)13-21-18(22)15-11-10-14(2)17(12-15)27(3,25)26/h5-12H,4,13H2,1-3H3,(H,21,22)(H,23,24). The quantitative estimate of drug-likeness (QED) is 0.758. The molecule has 2 aromatic carbocycles. The first-order valence-electron chi connectivity index (χ1n) is 8.49. The molecule has 1 unspecified atom stereocenters. The van der Waals surface area contributed by atoms with Crippen LogP contribution in [0, 0.1) is 6.92 Å². The summed E-state index contributed by atoms with van der Waals surface area (Å²) in [6.07, 6.45) is 1.37. The van der Waals surface area contributed by atoms with Crippen LogP contribution in [0.3, 0.4) is 0 Å². The minimum Gasteiger partial charge on any atom is -0.481 e. The lowest BCUT2D eigenvalue weighted by molar-refractivity contribution is -0.143. The second-order valence-electron chi connectivity index (χ2n) is 6.54. The van der Waals surface area contributed by atoms with Gasteiger partial charge in [0.05, 0.1) is 4.90 Å². The number of aryl methyl sites for hydroxylation is 1. The van der Waals surface area contributed by atoms with Gasteiger partial charge < -0.3 is 10.4 Å². The molecule has 144 valence electrons. The summed E-state index contributed by atoms with van der Waals surface area (Å²) < 4.78 is 23.7. The summed E-state index contributed by atoms with van der Waals surface area (Å²) >= 11 is 0. The highest BCUT2D eigenvalue weighted by molar-refractivity contribution is 7.90. The zero-order valence-electron chi connectivity index (χ0n) is 15.5. The Morgan fingerprint density at radius 3 is 2.26 bits per heavy atom. The summed E-state index contributed by atoms with van der Waals surface area (Å²) in [4.78, 5) is 24.6. The largest absolute Gasteiger partial charge is 0.481 e. The molecule has 0 aromatic heterocycles. The summed E-state index contributed by atoms with van der Waals surface area (Å²) in [5, 5.41) is 12.5. The van der Waals surface area contributed by atoms with E-state index in [0.29, 0.717) is 11.1 Å². The van der Waals surface area contributed by atoms with E-state index in [4.69, 9.17) is 0 Å². The molecule has 2 N–H and O–H groups in total. The fourth-order valence-corrected chi connectivity index (χ4v) is 4.01. The predicted octanol–water partition coefficient (Wildman–Crippen LogP) is 2.56. The van der Waals surface area contributed by atoms with Crippen LogP contribution in [-0.4, -0.2) is 38.2 Å². The summed E-state index contributed by atoms with van der Waals surface area (Å²) in [6, 6.07) is 13.1. The van der Waals surface area contributed by atoms with E-state index in [0.717, 1.165) is 6.26 Å². The Hall–Kier alpha value is -2.67. The second-order valence-corrected chi connectivity index (χ2v) is 8.53. The van der Waals surface area contributed by atoms with Gasteiger partial charge in [-0.1, -0.05) is 43.3 Å². The average molecular weight is 389 g/mol. The highest BCUT2D eigenvalue weighted by atomic mass is 32.2. The molecule has 0 aliphatic rings. The molecule has 2 aromatic rings. The molecule has 2 rings (SSSR count). The number of sulfone groups is 1. The molecule has 0 radical (unpaired) electrons. The Labute approximate surface area is 159 Å². The maximum Gasteiger partial charge on any atom is 0.315 e. The lowest BCUT2D eigenvalue weighted by Gasteiger charge is -2.29. The van der Waals surface area contributed by atoms with Crippen molar-refractivity contribution < 1.29 is 23.1 Å². The predicted molar refractivity (Wildman–Crippen MR) is 103 cm³/mol. The lowest BCUT2D eigenvalue weighted by atomic mass is 9.78. The van der Waals surface area contributed by atoms with Gasteiger partial charge >= 0.3 is 5.97 Å². The molecule has 6 nitrogen and oxygen atoms in total. The fraction of sp³-hybridized carbons (Fsp3) is 0.300. The van der Waals surface area contributed by atoms with Gasteiger partial charge in [0.25, 0.3) is 5.91 Å². The van der Waals surface area contributed by atoms with E-state index in [2.05, 4.69) is 5.32 Å². The maximum absolute atomic E-state index is 12.6. The molecule has 0 fully saturated rings. The smallest absolute Gasteiger partial charge is 0.315 e. The van der Waals surface area contributed by atoms with Gasteiger partial charge in [-0.25, -0.2) is 8.42 Å². The van der Waals surface area contributed by atoms with Crippen molar-refractivity contribution in [3.05, 3.63) is 65.2 Å². The summed E-state index contributed by atoms with van der Waals surface area (Å²) in [7, 11) is -3.47. The van der Waals surface area contributed by atoms with Crippen molar-refractivity contribution in [2.24, 2.45) is 0 Å². The zero-order chi connectivity index (χ0) is 20.2. The van der Waals surface area contributed by atoms with E-state index < -0.39 is 27.1 Å². The number of carbonyl (C=O) groups is 2. The third kappa shape index (κ3) is 4.36. The van der Waals surface area contributed by atoms with Crippen LogP contribution in [0.25, 0.3) is 0 Å². The van der Waals surface area contributed by atoms with Crippen LogP contribution in [0.2, 0.25) is 0 Å². The fourth-order valence-electron chi connectivity index (χ4n) is 3.01. The van der Waals surface area contributed by atoms with Crippen LogP contribution in [0.5, 0.6) is 0 Å². The van der Waals surface area contributed by atoms with Gasteiger partial charge in [0.15, 0.2) is 9.84 Å². The Morgan fingerprint density at radius 1 is 1.11 bits per heavy atom. The van der Waals surface area contributed by atoms with Crippen LogP contribution in [-0.2, 0) is 20.0 Å². The van der Waals surface area contributed by atoms with E-state index in [-0.39, 0.29) is 23.4 Å². The molecule has 0 bridgehead atoms. The molecule has 0 heterocycles. The SMILES string of the molecule is CCC(CNC(=O)c1ccc(C)c(S(C)(=O)=O)c1)(C(=O)O)c1ccccc1. The number of carboxylic acid groups (broad SMARTS) is 1.